The summed E-state index contributed by atoms with van der Waals surface area (Å²) in [5.41, 5.74) is 1.56. The number of benzene rings is 1. The number of rotatable bonds is 5. The van der Waals surface area contributed by atoms with Crippen molar-refractivity contribution >= 4 is 5.97 Å². The molecule has 0 aliphatic rings. The van der Waals surface area contributed by atoms with E-state index in [2.05, 4.69) is 0 Å². The van der Waals surface area contributed by atoms with Crippen LogP contribution in [0.4, 0.5) is 0 Å². The lowest BCUT2D eigenvalue weighted by atomic mass is 10.00. The summed E-state index contributed by atoms with van der Waals surface area (Å²) >= 11 is 0. The highest BCUT2D eigenvalue weighted by Crippen LogP contribution is 2.30. The van der Waals surface area contributed by atoms with Crippen LogP contribution in [-0.2, 0) is 17.6 Å². The highest BCUT2D eigenvalue weighted by Gasteiger charge is 2.11. The van der Waals surface area contributed by atoms with Gasteiger partial charge in [0.2, 0.25) is 0 Å². The van der Waals surface area contributed by atoms with Crippen LogP contribution < -0.4 is 4.74 Å². The van der Waals surface area contributed by atoms with Gasteiger partial charge in [-0.1, -0.05) is 13.3 Å². The third-order valence-electron chi connectivity index (χ3n) is 2.36. The van der Waals surface area contributed by atoms with Crippen LogP contribution in [-0.4, -0.2) is 23.3 Å². The molecule has 88 valence electrons. The Labute approximate surface area is 94.5 Å². The molecule has 0 spiro atoms. The molecule has 4 nitrogen and oxygen atoms in total. The molecule has 0 heterocycles. The number of methoxy groups -OCH3 is 1. The molecule has 2 N–H and O–H groups in total. The second-order valence-corrected chi connectivity index (χ2v) is 3.61. The molecule has 4 heteroatoms. The van der Waals surface area contributed by atoms with Gasteiger partial charge in [0.05, 0.1) is 13.5 Å². The van der Waals surface area contributed by atoms with Crippen molar-refractivity contribution < 1.29 is 19.7 Å². The van der Waals surface area contributed by atoms with E-state index >= 15 is 0 Å². The van der Waals surface area contributed by atoms with Crippen molar-refractivity contribution in [3.63, 3.8) is 0 Å². The van der Waals surface area contributed by atoms with E-state index in [0.717, 1.165) is 18.4 Å². The molecular weight excluding hydrogens is 208 g/mol. The monoisotopic (exact) mass is 224 g/mol. The maximum Gasteiger partial charge on any atom is 0.307 e. The molecule has 0 aliphatic carbocycles. The molecule has 0 unspecified atom stereocenters. The van der Waals surface area contributed by atoms with Crippen LogP contribution in [0.25, 0.3) is 0 Å². The molecule has 16 heavy (non-hydrogen) atoms. The highest BCUT2D eigenvalue weighted by atomic mass is 16.5. The van der Waals surface area contributed by atoms with Crippen LogP contribution in [0.3, 0.4) is 0 Å². The van der Waals surface area contributed by atoms with Gasteiger partial charge >= 0.3 is 5.97 Å². The van der Waals surface area contributed by atoms with Gasteiger partial charge in [0.25, 0.3) is 0 Å². The van der Waals surface area contributed by atoms with Gasteiger partial charge < -0.3 is 14.9 Å². The summed E-state index contributed by atoms with van der Waals surface area (Å²) in [4.78, 5) is 10.7. The average Bonchev–Trinajstić information content (AvgIpc) is 2.21. The minimum Gasteiger partial charge on any atom is -0.504 e. The van der Waals surface area contributed by atoms with Crippen molar-refractivity contribution in [2.75, 3.05) is 7.11 Å². The van der Waals surface area contributed by atoms with E-state index in [4.69, 9.17) is 9.84 Å². The van der Waals surface area contributed by atoms with Crippen LogP contribution in [0.5, 0.6) is 11.5 Å². The minimum absolute atomic E-state index is 0.0496. The quantitative estimate of drug-likeness (QED) is 0.802. The number of carboxylic acid groups (broad SMARTS) is 1. The summed E-state index contributed by atoms with van der Waals surface area (Å²) in [6, 6.07) is 3.18. The second kappa shape index (κ2) is 5.39. The molecule has 0 radical (unpaired) electrons. The topological polar surface area (TPSA) is 66.8 Å². The Bertz CT molecular complexity index is 385. The molecule has 0 saturated heterocycles. The predicted octanol–water partition coefficient (Wildman–Crippen LogP) is 1.98. The number of phenolic OH excluding ortho intramolecular Hbond substituents is 1. The van der Waals surface area contributed by atoms with Crippen LogP contribution >= 0.6 is 0 Å². The lowest BCUT2D eigenvalue weighted by molar-refractivity contribution is -0.136. The van der Waals surface area contributed by atoms with Crippen LogP contribution in [0.15, 0.2) is 12.1 Å². The standard InChI is InChI=1S/C12H16O4/c1-3-4-8-5-10(13)11(16-2)6-9(8)7-12(14)15/h5-6,13H,3-4,7H2,1-2H3,(H,14,15). The Hall–Kier alpha value is -1.71. The van der Waals surface area contributed by atoms with Gasteiger partial charge in [-0.2, -0.15) is 0 Å². The zero-order valence-electron chi connectivity index (χ0n) is 9.49. The Morgan fingerprint density at radius 1 is 1.38 bits per heavy atom. The van der Waals surface area contributed by atoms with Gasteiger partial charge in [0.1, 0.15) is 0 Å². The van der Waals surface area contributed by atoms with E-state index in [-0.39, 0.29) is 12.2 Å². The second-order valence-electron chi connectivity index (χ2n) is 3.61. The van der Waals surface area contributed by atoms with Crippen LogP contribution in [0, 0.1) is 0 Å². The largest absolute Gasteiger partial charge is 0.504 e. The number of aryl methyl sites for hydroxylation is 1. The maximum atomic E-state index is 10.7. The average molecular weight is 224 g/mol. The number of aliphatic carboxylic acids is 1. The number of hydrogen-bond donors (Lipinski definition) is 2. The predicted molar refractivity (Wildman–Crippen MR) is 60.0 cm³/mol. The van der Waals surface area contributed by atoms with Crippen molar-refractivity contribution in [3.8, 4) is 11.5 Å². The van der Waals surface area contributed by atoms with E-state index in [0.29, 0.717) is 11.3 Å². The third kappa shape index (κ3) is 2.89. The van der Waals surface area contributed by atoms with E-state index < -0.39 is 5.97 Å². The zero-order valence-corrected chi connectivity index (χ0v) is 9.49. The summed E-state index contributed by atoms with van der Waals surface area (Å²) in [7, 11) is 1.44. The fraction of sp³-hybridized carbons (Fsp3) is 0.417. The van der Waals surface area contributed by atoms with Gasteiger partial charge in [0, 0.05) is 0 Å². The molecule has 0 saturated carbocycles. The normalized spacial score (nSPS) is 10.1. The number of aromatic hydroxyl groups is 1. The van der Waals surface area contributed by atoms with Gasteiger partial charge in [-0.15, -0.1) is 0 Å². The smallest absolute Gasteiger partial charge is 0.307 e. The Balaban J connectivity index is 3.13. The van der Waals surface area contributed by atoms with Crippen LogP contribution in [0.1, 0.15) is 24.5 Å². The molecule has 1 rings (SSSR count). The number of hydrogen-bond acceptors (Lipinski definition) is 3. The van der Waals surface area contributed by atoms with E-state index in [9.17, 15) is 9.90 Å². The first-order valence-corrected chi connectivity index (χ1v) is 5.19. The molecule has 0 aliphatic heterocycles. The molecule has 0 bridgehead atoms. The van der Waals surface area contributed by atoms with Gasteiger partial charge in [-0.05, 0) is 29.7 Å². The van der Waals surface area contributed by atoms with Crippen molar-refractivity contribution in [2.45, 2.75) is 26.2 Å². The lowest BCUT2D eigenvalue weighted by Gasteiger charge is -2.11. The molecule has 1 aromatic carbocycles. The Morgan fingerprint density at radius 2 is 2.06 bits per heavy atom. The molecule has 0 aromatic heterocycles. The molecule has 0 amide bonds. The summed E-state index contributed by atoms with van der Waals surface area (Å²) in [6.45, 7) is 2.01. The Kier molecular flexibility index (Phi) is 4.17. The first kappa shape index (κ1) is 12.4. The summed E-state index contributed by atoms with van der Waals surface area (Å²) in [5.74, 6) is -0.513. The van der Waals surface area contributed by atoms with E-state index in [1.54, 1.807) is 12.1 Å². The minimum atomic E-state index is -0.884. The number of phenols is 1. The van der Waals surface area contributed by atoms with E-state index in [1.165, 1.54) is 7.11 Å². The van der Waals surface area contributed by atoms with Crippen molar-refractivity contribution in [3.05, 3.63) is 23.3 Å². The number of ether oxygens (including phenoxy) is 1. The first-order valence-electron chi connectivity index (χ1n) is 5.19. The van der Waals surface area contributed by atoms with E-state index in [1.807, 2.05) is 6.92 Å². The SMILES string of the molecule is CCCc1cc(O)c(OC)cc1CC(=O)O. The number of carbonyl (C=O) groups is 1. The lowest BCUT2D eigenvalue weighted by Crippen LogP contribution is -2.04. The van der Waals surface area contributed by atoms with Gasteiger partial charge in [-0.3, -0.25) is 4.79 Å². The summed E-state index contributed by atoms with van der Waals surface area (Å²) in [6.07, 6.45) is 1.60. The van der Waals surface area contributed by atoms with Crippen molar-refractivity contribution in [2.24, 2.45) is 0 Å². The fourth-order valence-corrected chi connectivity index (χ4v) is 1.65. The molecule has 0 fully saturated rings. The van der Waals surface area contributed by atoms with Crippen LogP contribution in [0.2, 0.25) is 0 Å². The maximum absolute atomic E-state index is 10.7. The molecule has 0 atom stereocenters. The summed E-state index contributed by atoms with van der Waals surface area (Å²) in [5, 5.41) is 18.4. The fourth-order valence-electron chi connectivity index (χ4n) is 1.65. The first-order chi connectivity index (χ1) is 7.58. The third-order valence-corrected chi connectivity index (χ3v) is 2.36. The van der Waals surface area contributed by atoms with Crippen molar-refractivity contribution in [1.29, 1.82) is 0 Å². The number of carboxylic acids is 1. The zero-order chi connectivity index (χ0) is 12.1. The highest BCUT2D eigenvalue weighted by molar-refractivity contribution is 5.71. The Morgan fingerprint density at radius 3 is 2.56 bits per heavy atom. The molecular formula is C12H16O4. The summed E-state index contributed by atoms with van der Waals surface area (Å²) < 4.78 is 4.96. The van der Waals surface area contributed by atoms with Gasteiger partial charge in [-0.25, -0.2) is 0 Å². The molecule has 1 aromatic rings. The van der Waals surface area contributed by atoms with Crippen molar-refractivity contribution in [1.82, 2.24) is 0 Å². The van der Waals surface area contributed by atoms with Gasteiger partial charge in [0.15, 0.2) is 11.5 Å².